The van der Waals surface area contributed by atoms with Crippen molar-refractivity contribution in [1.82, 2.24) is 15.0 Å². The summed E-state index contributed by atoms with van der Waals surface area (Å²) in [6.07, 6.45) is 12.7. The number of ether oxygens (including phenoxy) is 1. The van der Waals surface area contributed by atoms with Gasteiger partial charge in [0.15, 0.2) is 5.49 Å². The molecule has 0 saturated carbocycles. The van der Waals surface area contributed by atoms with Crippen LogP contribution in [0.15, 0.2) is 39.4 Å². The van der Waals surface area contributed by atoms with Crippen molar-refractivity contribution in [2.24, 2.45) is 15.0 Å². The number of carbonyl (C=O) groups is 1. The Kier molecular flexibility index (Phi) is 4.57. The fourth-order valence-corrected chi connectivity index (χ4v) is 2.76. The van der Waals surface area contributed by atoms with Crippen LogP contribution in [0, 0.1) is 10.7 Å². The Morgan fingerprint density at radius 3 is 3.12 bits per heavy atom. The van der Waals surface area contributed by atoms with E-state index in [0.717, 1.165) is 16.7 Å². The maximum atomic E-state index is 12.1. The lowest BCUT2D eigenvalue weighted by atomic mass is 10.2. The lowest BCUT2D eigenvalue weighted by molar-refractivity contribution is -0.113. The van der Waals surface area contributed by atoms with E-state index in [0.29, 0.717) is 42.2 Å². The van der Waals surface area contributed by atoms with Gasteiger partial charge in [-0.05, 0) is 12.5 Å². The summed E-state index contributed by atoms with van der Waals surface area (Å²) >= 11 is 0. The third kappa shape index (κ3) is 3.40. The highest BCUT2D eigenvalue weighted by molar-refractivity contribution is 5.88. The van der Waals surface area contributed by atoms with Gasteiger partial charge in [0.1, 0.15) is 11.3 Å². The van der Waals surface area contributed by atoms with E-state index in [1.165, 1.54) is 6.08 Å². The van der Waals surface area contributed by atoms with Crippen molar-refractivity contribution < 1.29 is 9.53 Å². The van der Waals surface area contributed by atoms with Gasteiger partial charge in [0.2, 0.25) is 0 Å². The molecule has 130 valence electrons. The molecule has 8 nitrogen and oxygen atoms in total. The Morgan fingerprint density at radius 2 is 2.15 bits per heavy atom. The van der Waals surface area contributed by atoms with E-state index in [1.807, 2.05) is 0 Å². The van der Waals surface area contributed by atoms with Gasteiger partial charge in [0.25, 0.3) is 5.91 Å². The summed E-state index contributed by atoms with van der Waals surface area (Å²) in [7, 11) is 0. The molecule has 0 saturated heterocycles. The summed E-state index contributed by atoms with van der Waals surface area (Å²) in [5.74, 6) is 0.380. The second kappa shape index (κ2) is 7.32. The summed E-state index contributed by atoms with van der Waals surface area (Å²) in [5, 5.41) is 1.55. The molecule has 8 heteroatoms. The molecule has 1 N–H and O–H groups in total. The number of H-pyrrole nitrogens is 1. The molecule has 4 rings (SSSR count). The predicted molar refractivity (Wildman–Crippen MR) is 95.4 cm³/mol. The van der Waals surface area contributed by atoms with Crippen LogP contribution < -0.4 is 10.7 Å². The van der Waals surface area contributed by atoms with Crippen LogP contribution in [0.5, 0.6) is 0 Å². The van der Waals surface area contributed by atoms with Gasteiger partial charge >= 0.3 is 0 Å². The fraction of sp³-hybridized carbons (Fsp3) is 0.222. The topological polar surface area (TPSA) is 105 Å². The Balaban J connectivity index is 1.84. The van der Waals surface area contributed by atoms with Crippen molar-refractivity contribution in [1.29, 1.82) is 0 Å². The van der Waals surface area contributed by atoms with Crippen LogP contribution in [0.2, 0.25) is 0 Å². The van der Waals surface area contributed by atoms with E-state index in [4.69, 9.17) is 4.74 Å². The zero-order valence-electron chi connectivity index (χ0n) is 13.9. The average molecular weight is 348 g/mol. The molecule has 4 aliphatic heterocycles. The number of nitrogens with zero attached hydrogens (tertiary/aromatic N) is 5. The van der Waals surface area contributed by atoms with Gasteiger partial charge < -0.3 is 9.72 Å². The summed E-state index contributed by atoms with van der Waals surface area (Å²) in [5.41, 5.74) is 1.93. The van der Waals surface area contributed by atoms with Crippen molar-refractivity contribution in [3.8, 4) is 0 Å². The molecule has 0 aromatic rings. The molecule has 3 bridgehead atoms. The number of aromatic amines is 1. The second-order valence-electron chi connectivity index (χ2n) is 5.70. The molecule has 0 spiro atoms. The minimum Gasteiger partial charge on any atom is -0.375 e. The third-order valence-electron chi connectivity index (χ3n) is 3.88. The average Bonchev–Trinajstić information content (AvgIpc) is 2.81. The molecule has 0 fully saturated rings. The monoisotopic (exact) mass is 348 g/mol. The van der Waals surface area contributed by atoms with Crippen molar-refractivity contribution in [3.05, 3.63) is 57.4 Å². The van der Waals surface area contributed by atoms with Gasteiger partial charge in [0.05, 0.1) is 24.1 Å². The Labute approximate surface area is 148 Å². The van der Waals surface area contributed by atoms with Gasteiger partial charge in [-0.25, -0.2) is 9.97 Å². The highest BCUT2D eigenvalue weighted by Gasteiger charge is 2.16. The maximum absolute atomic E-state index is 12.1. The smallest absolute Gasteiger partial charge is 0.271 e. The molecule has 0 unspecified atom stereocenters. The Bertz CT molecular complexity index is 1140. The van der Waals surface area contributed by atoms with Gasteiger partial charge in [-0.3, -0.25) is 14.8 Å². The first-order chi connectivity index (χ1) is 12.8. The van der Waals surface area contributed by atoms with Crippen molar-refractivity contribution in [3.63, 3.8) is 0 Å². The molecule has 4 heterocycles. The maximum Gasteiger partial charge on any atom is 0.271 e. The highest BCUT2D eigenvalue weighted by atomic mass is 16.5. The molecule has 0 aromatic heterocycles. The lowest BCUT2D eigenvalue weighted by Gasteiger charge is -1.99. The van der Waals surface area contributed by atoms with Crippen molar-refractivity contribution in [2.45, 2.75) is 12.8 Å². The summed E-state index contributed by atoms with van der Waals surface area (Å²) in [6, 6.07) is 0. The van der Waals surface area contributed by atoms with Crippen LogP contribution in [-0.2, 0) is 16.0 Å². The van der Waals surface area contributed by atoms with E-state index in [1.54, 1.807) is 37.0 Å². The van der Waals surface area contributed by atoms with Crippen LogP contribution in [0.4, 0.5) is 0 Å². The lowest BCUT2D eigenvalue weighted by Crippen LogP contribution is -2.19. The number of aromatic nitrogens is 3. The quantitative estimate of drug-likeness (QED) is 0.615. The number of aliphatic imine (C=N–C) groups is 2. The number of hydrogen-bond donors (Lipinski definition) is 1. The Hall–Kier alpha value is -3.26. The Morgan fingerprint density at radius 1 is 1.19 bits per heavy atom. The molecular weight excluding hydrogens is 332 g/mol. The largest absolute Gasteiger partial charge is 0.375 e. The minimum atomic E-state index is -0.360. The van der Waals surface area contributed by atoms with E-state index in [9.17, 15) is 4.79 Å². The number of allylic oxidation sites excluding steroid dienone is 1. The van der Waals surface area contributed by atoms with Crippen molar-refractivity contribution >= 4 is 24.5 Å². The first-order valence-electron chi connectivity index (χ1n) is 8.26. The number of fused-ring (bicyclic) bond motifs is 3. The first-order valence-corrected chi connectivity index (χ1v) is 8.26. The molecule has 0 atom stereocenters. The molecular formula is C18H16N6O2. The van der Waals surface area contributed by atoms with Crippen LogP contribution in [-0.4, -0.2) is 46.5 Å². The van der Waals surface area contributed by atoms with E-state index < -0.39 is 0 Å². The molecule has 0 aromatic carbocycles. The van der Waals surface area contributed by atoms with Crippen LogP contribution in [0.1, 0.15) is 17.9 Å². The van der Waals surface area contributed by atoms with Crippen LogP contribution in [0.25, 0.3) is 6.20 Å². The fourth-order valence-electron chi connectivity index (χ4n) is 2.76. The molecule has 0 aliphatic carbocycles. The minimum absolute atomic E-state index is 0.360. The van der Waals surface area contributed by atoms with E-state index in [-0.39, 0.29) is 5.91 Å². The zero-order valence-corrected chi connectivity index (χ0v) is 13.9. The third-order valence-corrected chi connectivity index (χ3v) is 3.88. The standard InChI is InChI=1S/C18H16N6O2/c25-15-4-1-2-8-26-9-7-19-5-3-6-20-11-12-13-10-14-22-17(21-13)16(12)18(23-14)24-15/h1,3-7,11H,2,8-10H2,(H,22,23,24,25). The van der Waals surface area contributed by atoms with Crippen molar-refractivity contribution in [2.75, 3.05) is 13.2 Å². The van der Waals surface area contributed by atoms with Gasteiger partial charge in [-0.2, -0.15) is 4.99 Å². The molecule has 0 radical (unpaired) electrons. The van der Waals surface area contributed by atoms with Gasteiger partial charge in [-0.1, -0.05) is 6.08 Å². The van der Waals surface area contributed by atoms with Crippen LogP contribution in [0.3, 0.4) is 0 Å². The number of hydrogen-bond acceptors (Lipinski definition) is 6. The van der Waals surface area contributed by atoms with E-state index >= 15 is 0 Å². The summed E-state index contributed by atoms with van der Waals surface area (Å²) in [6.45, 7) is 0.917. The summed E-state index contributed by atoms with van der Waals surface area (Å²) < 4.78 is 5.38. The number of nitrogens with one attached hydrogen (secondary N) is 1. The SMILES string of the molecule is O=C1C=CCCOCC=NC=CC=NC=c2c3nc4[nH]c(nc(c2=4)=N1)C3. The molecule has 26 heavy (non-hydrogen) atoms. The van der Waals surface area contributed by atoms with Crippen LogP contribution >= 0.6 is 0 Å². The number of rotatable bonds is 0. The summed E-state index contributed by atoms with van der Waals surface area (Å²) in [4.78, 5) is 36.8. The molecule has 4 aliphatic rings. The van der Waals surface area contributed by atoms with Gasteiger partial charge in [-0.15, -0.1) is 0 Å². The molecule has 1 amide bonds. The second-order valence-corrected chi connectivity index (χ2v) is 5.70. The first kappa shape index (κ1) is 16.2. The number of amides is 1. The normalized spacial score (nSPS) is 17.3. The van der Waals surface area contributed by atoms with E-state index in [2.05, 4.69) is 29.9 Å². The highest BCUT2D eigenvalue weighted by Crippen LogP contribution is 2.04. The predicted octanol–water partition coefficient (Wildman–Crippen LogP) is -0.0503. The number of carbonyl (C=O) groups excluding carboxylic acids is 1. The zero-order chi connectivity index (χ0) is 17.8. The van der Waals surface area contributed by atoms with Gasteiger partial charge in [0, 0.05) is 42.5 Å².